The lowest BCUT2D eigenvalue weighted by atomic mass is 10.1. The van der Waals surface area contributed by atoms with Crippen LogP contribution in [0.5, 0.6) is 0 Å². The molecule has 0 aliphatic rings. The van der Waals surface area contributed by atoms with E-state index in [1.165, 1.54) is 0 Å². The summed E-state index contributed by atoms with van der Waals surface area (Å²) < 4.78 is 5.32. The molecule has 0 saturated heterocycles. The summed E-state index contributed by atoms with van der Waals surface area (Å²) in [5.41, 5.74) is 1.90. The van der Waals surface area contributed by atoms with Crippen molar-refractivity contribution in [2.24, 2.45) is 0 Å². The molecular weight excluding hydrogens is 248 g/mol. The van der Waals surface area contributed by atoms with Crippen LogP contribution in [-0.2, 0) is 6.54 Å². The van der Waals surface area contributed by atoms with Gasteiger partial charge in [0.2, 0.25) is 0 Å². The second kappa shape index (κ2) is 5.12. The molecule has 0 unspecified atom stereocenters. The van der Waals surface area contributed by atoms with Gasteiger partial charge in [-0.05, 0) is 32.9 Å². The predicted octanol–water partition coefficient (Wildman–Crippen LogP) is 3.88. The van der Waals surface area contributed by atoms with Crippen molar-refractivity contribution >= 4 is 11.6 Å². The van der Waals surface area contributed by atoms with Gasteiger partial charge < -0.3 is 9.84 Å². The van der Waals surface area contributed by atoms with E-state index >= 15 is 0 Å². The minimum atomic E-state index is 0.0647. The Morgan fingerprint density at radius 3 is 2.72 bits per heavy atom. The van der Waals surface area contributed by atoms with E-state index in [-0.39, 0.29) is 5.54 Å². The second-order valence-electron chi connectivity index (χ2n) is 5.30. The summed E-state index contributed by atoms with van der Waals surface area (Å²) in [6, 6.07) is 9.48. The maximum Gasteiger partial charge on any atom is 0.167 e. The molecule has 0 fully saturated rings. The molecule has 4 heteroatoms. The number of hydrogen-bond acceptors (Lipinski definition) is 3. The summed E-state index contributed by atoms with van der Waals surface area (Å²) >= 11 is 5.95. The van der Waals surface area contributed by atoms with Crippen LogP contribution in [0.15, 0.2) is 34.9 Å². The van der Waals surface area contributed by atoms with Gasteiger partial charge in [0.25, 0.3) is 0 Å². The predicted molar refractivity (Wildman–Crippen MR) is 73.5 cm³/mol. The van der Waals surface area contributed by atoms with E-state index in [4.69, 9.17) is 16.1 Å². The standard InChI is InChI=1S/C14H17ClN2O/c1-14(2,3)16-9-12-8-13(18-17-12)10-5-4-6-11(15)7-10/h4-8,16H,9H2,1-3H3. The molecule has 3 nitrogen and oxygen atoms in total. The summed E-state index contributed by atoms with van der Waals surface area (Å²) in [5.74, 6) is 0.739. The molecule has 0 radical (unpaired) electrons. The van der Waals surface area contributed by atoms with E-state index in [1.54, 1.807) is 0 Å². The maximum absolute atomic E-state index is 5.95. The summed E-state index contributed by atoms with van der Waals surface area (Å²) in [4.78, 5) is 0. The highest BCUT2D eigenvalue weighted by molar-refractivity contribution is 6.30. The van der Waals surface area contributed by atoms with Gasteiger partial charge in [0.05, 0.1) is 5.69 Å². The van der Waals surface area contributed by atoms with Crippen molar-refractivity contribution in [3.63, 3.8) is 0 Å². The molecule has 1 aromatic carbocycles. The molecule has 0 aliphatic heterocycles. The highest BCUT2D eigenvalue weighted by atomic mass is 35.5. The molecule has 1 aromatic heterocycles. The SMILES string of the molecule is CC(C)(C)NCc1cc(-c2cccc(Cl)c2)on1. The second-order valence-corrected chi connectivity index (χ2v) is 5.73. The summed E-state index contributed by atoms with van der Waals surface area (Å²) in [5, 5.41) is 8.10. The lowest BCUT2D eigenvalue weighted by Crippen LogP contribution is -2.35. The molecule has 0 spiro atoms. The summed E-state index contributed by atoms with van der Waals surface area (Å²) in [6.45, 7) is 7.04. The van der Waals surface area contributed by atoms with E-state index in [1.807, 2.05) is 30.3 Å². The molecule has 1 heterocycles. The number of aromatic nitrogens is 1. The normalized spacial score (nSPS) is 11.8. The van der Waals surface area contributed by atoms with Crippen LogP contribution in [0.2, 0.25) is 5.02 Å². The Bertz CT molecular complexity index is 529. The van der Waals surface area contributed by atoms with E-state index in [2.05, 4.69) is 31.2 Å². The van der Waals surface area contributed by atoms with E-state index < -0.39 is 0 Å². The minimum absolute atomic E-state index is 0.0647. The highest BCUT2D eigenvalue weighted by Gasteiger charge is 2.11. The van der Waals surface area contributed by atoms with Gasteiger partial charge in [-0.3, -0.25) is 0 Å². The third kappa shape index (κ3) is 3.59. The topological polar surface area (TPSA) is 38.1 Å². The maximum atomic E-state index is 5.95. The number of nitrogens with zero attached hydrogens (tertiary/aromatic N) is 1. The van der Waals surface area contributed by atoms with Gasteiger partial charge in [-0.2, -0.15) is 0 Å². The molecule has 18 heavy (non-hydrogen) atoms. The van der Waals surface area contributed by atoms with Crippen LogP contribution in [-0.4, -0.2) is 10.7 Å². The van der Waals surface area contributed by atoms with E-state index in [0.717, 1.165) is 17.0 Å². The molecule has 0 atom stereocenters. The van der Waals surface area contributed by atoms with Crippen molar-refractivity contribution in [2.75, 3.05) is 0 Å². The van der Waals surface area contributed by atoms with Crippen LogP contribution >= 0.6 is 11.6 Å². The molecule has 0 saturated carbocycles. The van der Waals surface area contributed by atoms with Crippen molar-refractivity contribution in [1.82, 2.24) is 10.5 Å². The summed E-state index contributed by atoms with van der Waals surface area (Å²) in [6.07, 6.45) is 0. The molecule has 0 aliphatic carbocycles. The third-order valence-electron chi connectivity index (χ3n) is 2.47. The Kier molecular flexibility index (Phi) is 3.73. The fraction of sp³-hybridized carbons (Fsp3) is 0.357. The highest BCUT2D eigenvalue weighted by Crippen LogP contribution is 2.23. The average Bonchev–Trinajstić information content (AvgIpc) is 2.74. The van der Waals surface area contributed by atoms with Crippen molar-refractivity contribution in [2.45, 2.75) is 32.9 Å². The van der Waals surface area contributed by atoms with Crippen LogP contribution < -0.4 is 5.32 Å². The number of nitrogens with one attached hydrogen (secondary N) is 1. The zero-order chi connectivity index (χ0) is 13.2. The third-order valence-corrected chi connectivity index (χ3v) is 2.70. The smallest absolute Gasteiger partial charge is 0.167 e. The van der Waals surface area contributed by atoms with Gasteiger partial charge in [0.15, 0.2) is 5.76 Å². The molecule has 96 valence electrons. The largest absolute Gasteiger partial charge is 0.356 e. The molecule has 0 amide bonds. The number of halogens is 1. The quantitative estimate of drug-likeness (QED) is 0.914. The van der Waals surface area contributed by atoms with Gasteiger partial charge in [-0.15, -0.1) is 0 Å². The number of rotatable bonds is 3. The Morgan fingerprint density at radius 1 is 1.28 bits per heavy atom. The summed E-state index contributed by atoms with van der Waals surface area (Å²) in [7, 11) is 0. The first kappa shape index (κ1) is 13.1. The van der Waals surface area contributed by atoms with Crippen LogP contribution in [0.3, 0.4) is 0 Å². The molecule has 1 N–H and O–H groups in total. The van der Waals surface area contributed by atoms with Gasteiger partial charge in [-0.25, -0.2) is 0 Å². The minimum Gasteiger partial charge on any atom is -0.356 e. The van der Waals surface area contributed by atoms with E-state index in [9.17, 15) is 0 Å². The van der Waals surface area contributed by atoms with Crippen LogP contribution in [0.25, 0.3) is 11.3 Å². The average molecular weight is 265 g/mol. The van der Waals surface area contributed by atoms with Crippen LogP contribution in [0, 0.1) is 0 Å². The zero-order valence-corrected chi connectivity index (χ0v) is 11.6. The fourth-order valence-electron chi connectivity index (χ4n) is 1.53. The molecule has 2 aromatic rings. The zero-order valence-electron chi connectivity index (χ0n) is 10.8. The first-order valence-corrected chi connectivity index (χ1v) is 6.28. The molecular formula is C14H17ClN2O. The van der Waals surface area contributed by atoms with Crippen molar-refractivity contribution in [3.8, 4) is 11.3 Å². The Morgan fingerprint density at radius 2 is 2.06 bits per heavy atom. The van der Waals surface area contributed by atoms with Gasteiger partial charge in [0, 0.05) is 28.7 Å². The lowest BCUT2D eigenvalue weighted by molar-refractivity contribution is 0.392. The van der Waals surface area contributed by atoms with Crippen LogP contribution in [0.1, 0.15) is 26.5 Å². The van der Waals surface area contributed by atoms with E-state index in [0.29, 0.717) is 11.6 Å². The van der Waals surface area contributed by atoms with Gasteiger partial charge >= 0.3 is 0 Å². The van der Waals surface area contributed by atoms with Gasteiger partial charge in [-0.1, -0.05) is 28.9 Å². The molecule has 0 bridgehead atoms. The van der Waals surface area contributed by atoms with Gasteiger partial charge in [0.1, 0.15) is 0 Å². The first-order chi connectivity index (χ1) is 8.44. The number of benzene rings is 1. The fourth-order valence-corrected chi connectivity index (χ4v) is 1.72. The lowest BCUT2D eigenvalue weighted by Gasteiger charge is -2.19. The Balaban J connectivity index is 2.11. The van der Waals surface area contributed by atoms with Crippen molar-refractivity contribution < 1.29 is 4.52 Å². The Hall–Kier alpha value is -1.32. The van der Waals surface area contributed by atoms with Crippen molar-refractivity contribution in [3.05, 3.63) is 41.0 Å². The van der Waals surface area contributed by atoms with Crippen molar-refractivity contribution in [1.29, 1.82) is 0 Å². The Labute approximate surface area is 112 Å². The number of hydrogen-bond donors (Lipinski definition) is 1. The first-order valence-electron chi connectivity index (χ1n) is 5.91. The van der Waals surface area contributed by atoms with Crippen LogP contribution in [0.4, 0.5) is 0 Å². The molecule has 2 rings (SSSR count). The monoisotopic (exact) mass is 264 g/mol.